The van der Waals surface area contributed by atoms with E-state index < -0.39 is 18.2 Å². The molecule has 1 fully saturated rings. The maximum absolute atomic E-state index is 11.9. The lowest BCUT2D eigenvalue weighted by atomic mass is 10.1. The molecule has 1 aromatic rings. The van der Waals surface area contributed by atoms with Gasteiger partial charge >= 0.3 is 5.97 Å². The van der Waals surface area contributed by atoms with E-state index >= 15 is 0 Å². The molecule has 114 valence electrons. The lowest BCUT2D eigenvalue weighted by Gasteiger charge is -2.11. The summed E-state index contributed by atoms with van der Waals surface area (Å²) in [7, 11) is 0. The van der Waals surface area contributed by atoms with Crippen molar-refractivity contribution < 1.29 is 19.4 Å². The molecule has 5 nitrogen and oxygen atoms in total. The number of ether oxygens (including phenoxy) is 1. The molecule has 1 saturated heterocycles. The first kappa shape index (κ1) is 15.5. The Morgan fingerprint density at radius 3 is 2.38 bits per heavy atom. The minimum Gasteiger partial charge on any atom is -0.479 e. The van der Waals surface area contributed by atoms with E-state index in [1.165, 1.54) is 11.1 Å². The number of carboxylic acids is 1. The van der Waals surface area contributed by atoms with Gasteiger partial charge in [-0.1, -0.05) is 31.2 Å². The van der Waals surface area contributed by atoms with Gasteiger partial charge in [0, 0.05) is 6.54 Å². The van der Waals surface area contributed by atoms with Gasteiger partial charge in [-0.05, 0) is 36.8 Å². The predicted molar refractivity (Wildman–Crippen MR) is 78.1 cm³/mol. The molecule has 1 aromatic carbocycles. The molecule has 0 saturated carbocycles. The van der Waals surface area contributed by atoms with Crippen LogP contribution in [0.2, 0.25) is 0 Å². The van der Waals surface area contributed by atoms with Crippen molar-refractivity contribution in [3.8, 4) is 0 Å². The Labute approximate surface area is 124 Å². The average Bonchev–Trinajstić information content (AvgIpc) is 2.98. The first-order valence-corrected chi connectivity index (χ1v) is 7.34. The van der Waals surface area contributed by atoms with E-state index in [9.17, 15) is 9.59 Å². The van der Waals surface area contributed by atoms with Gasteiger partial charge in [-0.2, -0.15) is 0 Å². The first-order valence-electron chi connectivity index (χ1n) is 7.34. The highest BCUT2D eigenvalue weighted by Gasteiger charge is 2.34. The van der Waals surface area contributed by atoms with Gasteiger partial charge in [0.1, 0.15) is 6.10 Å². The summed E-state index contributed by atoms with van der Waals surface area (Å²) in [6.07, 6.45) is 1.15. The van der Waals surface area contributed by atoms with E-state index in [1.807, 2.05) is 0 Å². The van der Waals surface area contributed by atoms with Crippen LogP contribution in [0.15, 0.2) is 24.3 Å². The number of carboxylic acid groups (broad SMARTS) is 1. The second-order valence-corrected chi connectivity index (χ2v) is 5.24. The Morgan fingerprint density at radius 2 is 1.81 bits per heavy atom. The van der Waals surface area contributed by atoms with E-state index in [1.54, 1.807) is 0 Å². The van der Waals surface area contributed by atoms with Gasteiger partial charge in [-0.15, -0.1) is 0 Å². The molecule has 2 N–H and O–H groups in total. The molecule has 21 heavy (non-hydrogen) atoms. The highest BCUT2D eigenvalue weighted by Crippen LogP contribution is 2.19. The van der Waals surface area contributed by atoms with Gasteiger partial charge in [0.15, 0.2) is 6.10 Å². The monoisotopic (exact) mass is 291 g/mol. The quantitative estimate of drug-likeness (QED) is 0.833. The minimum absolute atomic E-state index is 0.219. The molecule has 0 bridgehead atoms. The van der Waals surface area contributed by atoms with Crippen molar-refractivity contribution in [3.05, 3.63) is 35.4 Å². The summed E-state index contributed by atoms with van der Waals surface area (Å²) in [4.78, 5) is 22.6. The predicted octanol–water partition coefficient (Wildman–Crippen LogP) is 1.54. The Morgan fingerprint density at radius 1 is 1.19 bits per heavy atom. The SMILES string of the molecule is CCc1ccc(CCNC(=O)[C@@H]2CC[C@H](C(=O)O)O2)cc1. The van der Waals surface area contributed by atoms with Crippen molar-refractivity contribution in [2.75, 3.05) is 6.54 Å². The normalized spacial score (nSPS) is 21.2. The van der Waals surface area contributed by atoms with Crippen LogP contribution in [0.1, 0.15) is 30.9 Å². The van der Waals surface area contributed by atoms with Crippen LogP contribution in [0.5, 0.6) is 0 Å². The summed E-state index contributed by atoms with van der Waals surface area (Å²) in [5.41, 5.74) is 2.46. The Kier molecular flexibility index (Phi) is 5.33. The zero-order chi connectivity index (χ0) is 15.2. The summed E-state index contributed by atoms with van der Waals surface area (Å²) in [5.74, 6) is -1.22. The number of rotatable bonds is 6. The Bertz CT molecular complexity index is 498. The van der Waals surface area contributed by atoms with Crippen LogP contribution < -0.4 is 5.32 Å². The standard InChI is InChI=1S/C16H21NO4/c1-2-11-3-5-12(6-4-11)9-10-17-15(18)13-7-8-14(21-13)16(19)20/h3-6,13-14H,2,7-10H2,1H3,(H,17,18)(H,19,20)/t13-,14+/m0/s1. The molecular weight excluding hydrogens is 270 g/mol. The Hall–Kier alpha value is -1.88. The third-order valence-electron chi connectivity index (χ3n) is 3.73. The minimum atomic E-state index is -0.999. The first-order chi connectivity index (χ1) is 10.1. The Balaban J connectivity index is 1.73. The van der Waals surface area contributed by atoms with Crippen LogP contribution in [0, 0.1) is 0 Å². The molecule has 2 rings (SSSR count). The van der Waals surface area contributed by atoms with Gasteiger partial charge in [-0.25, -0.2) is 4.79 Å². The molecule has 1 amide bonds. The average molecular weight is 291 g/mol. The van der Waals surface area contributed by atoms with Gasteiger partial charge in [0.25, 0.3) is 0 Å². The van der Waals surface area contributed by atoms with E-state index in [0.717, 1.165) is 12.8 Å². The molecule has 5 heteroatoms. The molecule has 1 aliphatic rings. The number of amides is 1. The molecule has 1 aliphatic heterocycles. The third kappa shape index (κ3) is 4.29. The number of benzene rings is 1. The van der Waals surface area contributed by atoms with Crippen LogP contribution in [-0.2, 0) is 27.2 Å². The maximum Gasteiger partial charge on any atom is 0.332 e. The maximum atomic E-state index is 11.9. The summed E-state index contributed by atoms with van der Waals surface area (Å²) >= 11 is 0. The number of carbonyl (C=O) groups is 2. The van der Waals surface area contributed by atoms with Crippen molar-refractivity contribution in [1.82, 2.24) is 5.32 Å². The van der Waals surface area contributed by atoms with E-state index in [-0.39, 0.29) is 5.91 Å². The smallest absolute Gasteiger partial charge is 0.332 e. The van der Waals surface area contributed by atoms with E-state index in [0.29, 0.717) is 19.4 Å². The largest absolute Gasteiger partial charge is 0.479 e. The van der Waals surface area contributed by atoms with Crippen LogP contribution in [0.25, 0.3) is 0 Å². The van der Waals surface area contributed by atoms with Crippen LogP contribution in [0.3, 0.4) is 0 Å². The van der Waals surface area contributed by atoms with Crippen LogP contribution in [-0.4, -0.2) is 35.7 Å². The summed E-state index contributed by atoms with van der Waals surface area (Å²) in [5, 5.41) is 11.6. The van der Waals surface area contributed by atoms with Crippen molar-refractivity contribution in [2.45, 2.75) is 44.8 Å². The molecule has 0 unspecified atom stereocenters. The molecule has 0 spiro atoms. The summed E-state index contributed by atoms with van der Waals surface area (Å²) in [6, 6.07) is 8.32. The number of nitrogens with one attached hydrogen (secondary N) is 1. The molecule has 2 atom stereocenters. The van der Waals surface area contributed by atoms with E-state index in [2.05, 4.69) is 36.5 Å². The fraction of sp³-hybridized carbons (Fsp3) is 0.500. The summed E-state index contributed by atoms with van der Waals surface area (Å²) < 4.78 is 5.21. The summed E-state index contributed by atoms with van der Waals surface area (Å²) in [6.45, 7) is 2.64. The number of hydrogen-bond donors (Lipinski definition) is 2. The molecule has 1 heterocycles. The van der Waals surface area contributed by atoms with E-state index in [4.69, 9.17) is 9.84 Å². The number of aliphatic carboxylic acids is 1. The molecular formula is C16H21NO4. The number of carbonyl (C=O) groups excluding carboxylic acids is 1. The number of aryl methyl sites for hydroxylation is 1. The zero-order valence-corrected chi connectivity index (χ0v) is 12.2. The fourth-order valence-electron chi connectivity index (χ4n) is 2.40. The van der Waals surface area contributed by atoms with Gasteiger partial charge in [0.05, 0.1) is 0 Å². The second kappa shape index (κ2) is 7.22. The fourth-order valence-corrected chi connectivity index (χ4v) is 2.40. The molecule has 0 aromatic heterocycles. The van der Waals surface area contributed by atoms with Gasteiger partial charge < -0.3 is 15.2 Å². The van der Waals surface area contributed by atoms with Crippen molar-refractivity contribution in [2.24, 2.45) is 0 Å². The number of hydrogen-bond acceptors (Lipinski definition) is 3. The van der Waals surface area contributed by atoms with Gasteiger partial charge in [-0.3, -0.25) is 4.79 Å². The van der Waals surface area contributed by atoms with Crippen molar-refractivity contribution >= 4 is 11.9 Å². The highest BCUT2D eigenvalue weighted by molar-refractivity contribution is 5.82. The van der Waals surface area contributed by atoms with Crippen molar-refractivity contribution in [3.63, 3.8) is 0 Å². The second-order valence-electron chi connectivity index (χ2n) is 5.24. The molecule has 0 radical (unpaired) electrons. The topological polar surface area (TPSA) is 75.6 Å². The van der Waals surface area contributed by atoms with Gasteiger partial charge in [0.2, 0.25) is 5.91 Å². The van der Waals surface area contributed by atoms with Crippen LogP contribution in [0.4, 0.5) is 0 Å². The van der Waals surface area contributed by atoms with Crippen molar-refractivity contribution in [1.29, 1.82) is 0 Å². The lowest BCUT2D eigenvalue weighted by molar-refractivity contribution is -0.151. The zero-order valence-electron chi connectivity index (χ0n) is 12.2. The van der Waals surface area contributed by atoms with Crippen LogP contribution >= 0.6 is 0 Å². The lowest BCUT2D eigenvalue weighted by Crippen LogP contribution is -2.36. The molecule has 0 aliphatic carbocycles. The highest BCUT2D eigenvalue weighted by atomic mass is 16.5. The third-order valence-corrected chi connectivity index (χ3v) is 3.73.